The lowest BCUT2D eigenvalue weighted by Gasteiger charge is -1.97. The van der Waals surface area contributed by atoms with E-state index in [1.54, 1.807) is 6.07 Å². The number of benzene rings is 2. The Hall–Kier alpha value is -2.61. The van der Waals surface area contributed by atoms with Gasteiger partial charge in [-0.05, 0) is 29.2 Å². The minimum Gasteiger partial charge on any atom is -0.423 e. The van der Waals surface area contributed by atoms with Crippen LogP contribution >= 0.6 is 0 Å². The Morgan fingerprint density at radius 2 is 1.58 bits per heavy atom. The zero-order chi connectivity index (χ0) is 13.1. The summed E-state index contributed by atoms with van der Waals surface area (Å²) in [7, 11) is 0. The van der Waals surface area contributed by atoms with Crippen molar-refractivity contribution in [3.8, 4) is 0 Å². The van der Waals surface area contributed by atoms with Gasteiger partial charge in [-0.2, -0.15) is 0 Å². The Labute approximate surface area is 110 Å². The zero-order valence-electron chi connectivity index (χ0n) is 10.2. The summed E-state index contributed by atoms with van der Waals surface area (Å²) >= 11 is 0. The van der Waals surface area contributed by atoms with Crippen molar-refractivity contribution in [2.24, 2.45) is 0 Å². The highest BCUT2D eigenvalue weighted by Gasteiger charge is 2.01. The Kier molecular flexibility index (Phi) is 2.99. The molecule has 0 saturated heterocycles. The monoisotopic (exact) mass is 248 g/mol. The third-order valence-electron chi connectivity index (χ3n) is 2.93. The summed E-state index contributed by atoms with van der Waals surface area (Å²) in [5.41, 5.74) is 0.768. The van der Waals surface area contributed by atoms with Gasteiger partial charge in [0, 0.05) is 0 Å². The van der Waals surface area contributed by atoms with E-state index in [4.69, 9.17) is 4.42 Å². The molecule has 3 rings (SSSR count). The SMILES string of the molecule is O=c1oc(/C=C\c2ccccc2)cc2ccccc12. The van der Waals surface area contributed by atoms with Crippen LogP contribution in [0.1, 0.15) is 11.3 Å². The molecule has 0 atom stereocenters. The zero-order valence-corrected chi connectivity index (χ0v) is 10.2. The van der Waals surface area contributed by atoms with Gasteiger partial charge in [0.15, 0.2) is 0 Å². The van der Waals surface area contributed by atoms with E-state index in [2.05, 4.69) is 0 Å². The number of rotatable bonds is 2. The number of fused-ring (bicyclic) bond motifs is 1. The Morgan fingerprint density at radius 1 is 0.842 bits per heavy atom. The molecule has 1 aromatic heterocycles. The van der Waals surface area contributed by atoms with Crippen molar-refractivity contribution < 1.29 is 4.42 Å². The van der Waals surface area contributed by atoms with Gasteiger partial charge in [-0.25, -0.2) is 4.79 Å². The van der Waals surface area contributed by atoms with Crippen molar-refractivity contribution in [2.45, 2.75) is 0 Å². The molecule has 19 heavy (non-hydrogen) atoms. The molecule has 0 aliphatic carbocycles. The third kappa shape index (κ3) is 2.47. The molecule has 0 fully saturated rings. The maximum absolute atomic E-state index is 11.8. The summed E-state index contributed by atoms with van der Waals surface area (Å²) in [6.45, 7) is 0. The van der Waals surface area contributed by atoms with Crippen LogP contribution in [0.3, 0.4) is 0 Å². The summed E-state index contributed by atoms with van der Waals surface area (Å²) in [5.74, 6) is 0.563. The van der Waals surface area contributed by atoms with Gasteiger partial charge in [-0.3, -0.25) is 0 Å². The summed E-state index contributed by atoms with van der Waals surface area (Å²) in [6, 6.07) is 19.2. The van der Waals surface area contributed by atoms with Crippen molar-refractivity contribution >= 4 is 22.9 Å². The van der Waals surface area contributed by atoms with E-state index in [0.717, 1.165) is 10.9 Å². The van der Waals surface area contributed by atoms with E-state index >= 15 is 0 Å². The van der Waals surface area contributed by atoms with Gasteiger partial charge >= 0.3 is 5.63 Å². The second-order valence-electron chi connectivity index (χ2n) is 4.27. The molecule has 0 unspecified atom stereocenters. The van der Waals surface area contributed by atoms with E-state index in [1.165, 1.54) is 0 Å². The van der Waals surface area contributed by atoms with Crippen molar-refractivity contribution in [1.29, 1.82) is 0 Å². The standard InChI is InChI=1S/C17H12O2/c18-17-16-9-5-4-8-14(16)12-15(19-17)11-10-13-6-2-1-3-7-13/h1-12H/b11-10-. The van der Waals surface area contributed by atoms with Crippen molar-refractivity contribution in [1.82, 2.24) is 0 Å². The molecule has 1 heterocycles. The summed E-state index contributed by atoms with van der Waals surface area (Å²) in [4.78, 5) is 11.8. The molecule has 0 amide bonds. The van der Waals surface area contributed by atoms with Crippen LogP contribution in [0.5, 0.6) is 0 Å². The van der Waals surface area contributed by atoms with Crippen LogP contribution in [-0.4, -0.2) is 0 Å². The van der Waals surface area contributed by atoms with Crippen LogP contribution in [0.4, 0.5) is 0 Å². The first kappa shape index (κ1) is 11.5. The smallest absolute Gasteiger partial charge is 0.344 e. The molecule has 0 spiro atoms. The fourth-order valence-corrected chi connectivity index (χ4v) is 1.98. The average Bonchev–Trinajstić information content (AvgIpc) is 2.46. The van der Waals surface area contributed by atoms with Gasteiger partial charge < -0.3 is 4.42 Å². The van der Waals surface area contributed by atoms with Gasteiger partial charge in [0.05, 0.1) is 5.39 Å². The number of hydrogen-bond acceptors (Lipinski definition) is 2. The second-order valence-corrected chi connectivity index (χ2v) is 4.27. The van der Waals surface area contributed by atoms with Gasteiger partial charge in [-0.1, -0.05) is 54.6 Å². The minimum absolute atomic E-state index is 0.300. The lowest BCUT2D eigenvalue weighted by atomic mass is 10.1. The molecule has 0 bridgehead atoms. The molecular weight excluding hydrogens is 236 g/mol. The molecule has 2 aromatic carbocycles. The minimum atomic E-state index is -0.300. The average molecular weight is 248 g/mol. The van der Waals surface area contributed by atoms with Crippen LogP contribution < -0.4 is 5.63 Å². The van der Waals surface area contributed by atoms with Crippen LogP contribution in [0.15, 0.2) is 69.9 Å². The molecule has 0 radical (unpaired) electrons. The van der Waals surface area contributed by atoms with E-state index in [9.17, 15) is 4.79 Å². The number of hydrogen-bond donors (Lipinski definition) is 0. The normalized spacial score (nSPS) is 11.2. The largest absolute Gasteiger partial charge is 0.423 e. The molecule has 2 nitrogen and oxygen atoms in total. The first-order chi connectivity index (χ1) is 9.33. The summed E-state index contributed by atoms with van der Waals surface area (Å²) in [5, 5.41) is 1.51. The van der Waals surface area contributed by atoms with Crippen molar-refractivity contribution in [3.63, 3.8) is 0 Å². The van der Waals surface area contributed by atoms with E-state index < -0.39 is 0 Å². The maximum atomic E-state index is 11.8. The first-order valence-electron chi connectivity index (χ1n) is 6.09. The van der Waals surface area contributed by atoms with Crippen LogP contribution in [0, 0.1) is 0 Å². The predicted molar refractivity (Wildman–Crippen MR) is 77.9 cm³/mol. The van der Waals surface area contributed by atoms with Gasteiger partial charge in [0.25, 0.3) is 0 Å². The van der Waals surface area contributed by atoms with Crippen molar-refractivity contribution in [3.05, 3.63) is 82.4 Å². The lowest BCUT2D eigenvalue weighted by Crippen LogP contribution is -1.99. The molecular formula is C17H12O2. The molecule has 0 N–H and O–H groups in total. The van der Waals surface area contributed by atoms with Gasteiger partial charge in [0.1, 0.15) is 5.76 Å². The van der Waals surface area contributed by atoms with Gasteiger partial charge in [0.2, 0.25) is 0 Å². The Morgan fingerprint density at radius 3 is 2.42 bits per heavy atom. The molecule has 2 heteroatoms. The Bertz CT molecular complexity index is 783. The summed E-state index contributed by atoms with van der Waals surface area (Å²) < 4.78 is 5.27. The quantitative estimate of drug-likeness (QED) is 0.687. The highest BCUT2D eigenvalue weighted by molar-refractivity contribution is 5.83. The molecule has 0 saturated carbocycles. The van der Waals surface area contributed by atoms with Gasteiger partial charge in [-0.15, -0.1) is 0 Å². The van der Waals surface area contributed by atoms with Crippen LogP contribution in [0.2, 0.25) is 0 Å². The maximum Gasteiger partial charge on any atom is 0.344 e. The molecule has 0 aliphatic rings. The summed E-state index contributed by atoms with van der Waals surface area (Å²) in [6.07, 6.45) is 3.73. The Balaban J connectivity index is 2.02. The molecule has 3 aromatic rings. The molecule has 92 valence electrons. The van der Waals surface area contributed by atoms with E-state index in [1.807, 2.05) is 66.7 Å². The predicted octanol–water partition coefficient (Wildman–Crippen LogP) is 3.96. The van der Waals surface area contributed by atoms with Crippen LogP contribution in [-0.2, 0) is 0 Å². The second kappa shape index (κ2) is 4.94. The third-order valence-corrected chi connectivity index (χ3v) is 2.93. The highest BCUT2D eigenvalue weighted by atomic mass is 16.4. The molecule has 0 aliphatic heterocycles. The first-order valence-corrected chi connectivity index (χ1v) is 6.09. The fourth-order valence-electron chi connectivity index (χ4n) is 1.98. The van der Waals surface area contributed by atoms with E-state index in [-0.39, 0.29) is 5.63 Å². The van der Waals surface area contributed by atoms with Crippen LogP contribution in [0.25, 0.3) is 22.9 Å². The topological polar surface area (TPSA) is 30.2 Å². The lowest BCUT2D eigenvalue weighted by molar-refractivity contribution is 0.510. The van der Waals surface area contributed by atoms with Crippen molar-refractivity contribution in [2.75, 3.05) is 0 Å². The highest BCUT2D eigenvalue weighted by Crippen LogP contribution is 2.13. The fraction of sp³-hybridized carbons (Fsp3) is 0. The van der Waals surface area contributed by atoms with E-state index in [0.29, 0.717) is 11.1 Å².